The second-order valence-corrected chi connectivity index (χ2v) is 6.12. The maximum absolute atomic E-state index is 11.9. The molecule has 0 aliphatic carbocycles. The van der Waals surface area contributed by atoms with Crippen molar-refractivity contribution in [2.75, 3.05) is 6.54 Å². The molecule has 0 saturated carbocycles. The second kappa shape index (κ2) is 8.47. The SMILES string of the molecule is C[C@H](N)C(=O)N1CCC[C@H]1C(=O)OC(C)(C)C.O=C(O)C(=O)O. The third-order valence-electron chi connectivity index (χ3n) is 2.79. The fourth-order valence-electron chi connectivity index (χ4n) is 1.91. The molecule has 1 aliphatic rings. The average Bonchev–Trinajstić information content (AvgIpc) is 2.85. The molecular formula is C14H24N2O7. The predicted molar refractivity (Wildman–Crippen MR) is 79.5 cm³/mol. The molecule has 2 atom stereocenters. The van der Waals surface area contributed by atoms with Crippen molar-refractivity contribution in [3.05, 3.63) is 0 Å². The normalized spacial score (nSPS) is 18.5. The molecule has 9 nitrogen and oxygen atoms in total. The fourth-order valence-corrected chi connectivity index (χ4v) is 1.91. The molecule has 1 fully saturated rings. The Hall–Kier alpha value is -2.16. The number of hydrogen-bond donors (Lipinski definition) is 3. The summed E-state index contributed by atoms with van der Waals surface area (Å²) in [5.41, 5.74) is 5.04. The minimum atomic E-state index is -1.82. The first-order valence-corrected chi connectivity index (χ1v) is 7.12. The Kier molecular flexibility index (Phi) is 7.67. The summed E-state index contributed by atoms with van der Waals surface area (Å²) < 4.78 is 5.31. The van der Waals surface area contributed by atoms with Gasteiger partial charge in [-0.3, -0.25) is 4.79 Å². The van der Waals surface area contributed by atoms with Crippen LogP contribution in [0.5, 0.6) is 0 Å². The molecule has 1 amide bonds. The van der Waals surface area contributed by atoms with Gasteiger partial charge in [0, 0.05) is 6.54 Å². The van der Waals surface area contributed by atoms with Crippen molar-refractivity contribution in [3.8, 4) is 0 Å². The van der Waals surface area contributed by atoms with Gasteiger partial charge in [-0.25, -0.2) is 14.4 Å². The van der Waals surface area contributed by atoms with Gasteiger partial charge < -0.3 is 25.6 Å². The van der Waals surface area contributed by atoms with Crippen molar-refractivity contribution in [1.82, 2.24) is 4.90 Å². The number of ether oxygens (including phenoxy) is 1. The van der Waals surface area contributed by atoms with Crippen LogP contribution in [-0.2, 0) is 23.9 Å². The highest BCUT2D eigenvalue weighted by molar-refractivity contribution is 6.27. The van der Waals surface area contributed by atoms with Crippen molar-refractivity contribution in [2.24, 2.45) is 5.73 Å². The van der Waals surface area contributed by atoms with Crippen molar-refractivity contribution < 1.29 is 34.1 Å². The summed E-state index contributed by atoms with van der Waals surface area (Å²) in [4.78, 5) is 43.5. The van der Waals surface area contributed by atoms with Crippen molar-refractivity contribution >= 4 is 23.8 Å². The van der Waals surface area contributed by atoms with Gasteiger partial charge in [0.25, 0.3) is 0 Å². The Morgan fingerprint density at radius 1 is 1.17 bits per heavy atom. The lowest BCUT2D eigenvalue weighted by molar-refractivity contribution is -0.163. The average molecular weight is 332 g/mol. The molecule has 0 bridgehead atoms. The van der Waals surface area contributed by atoms with E-state index in [1.807, 2.05) is 20.8 Å². The van der Waals surface area contributed by atoms with Crippen molar-refractivity contribution in [3.63, 3.8) is 0 Å². The van der Waals surface area contributed by atoms with Gasteiger partial charge >= 0.3 is 17.9 Å². The van der Waals surface area contributed by atoms with E-state index >= 15 is 0 Å². The van der Waals surface area contributed by atoms with Crippen LogP contribution in [0.25, 0.3) is 0 Å². The zero-order valence-electron chi connectivity index (χ0n) is 13.7. The highest BCUT2D eigenvalue weighted by Gasteiger charge is 2.37. The molecule has 0 radical (unpaired) electrons. The Morgan fingerprint density at radius 3 is 2.00 bits per heavy atom. The Bertz CT molecular complexity index is 456. The number of aliphatic carboxylic acids is 2. The van der Waals surface area contributed by atoms with Gasteiger partial charge in [-0.2, -0.15) is 0 Å². The summed E-state index contributed by atoms with van der Waals surface area (Å²) in [7, 11) is 0. The number of carboxylic acids is 2. The number of esters is 1. The van der Waals surface area contributed by atoms with Gasteiger partial charge in [0.05, 0.1) is 6.04 Å². The highest BCUT2D eigenvalue weighted by atomic mass is 16.6. The van der Waals surface area contributed by atoms with Gasteiger partial charge in [-0.15, -0.1) is 0 Å². The van der Waals surface area contributed by atoms with Crippen LogP contribution in [0.15, 0.2) is 0 Å². The third-order valence-corrected chi connectivity index (χ3v) is 2.79. The molecule has 1 heterocycles. The van der Waals surface area contributed by atoms with Crippen LogP contribution in [0.3, 0.4) is 0 Å². The van der Waals surface area contributed by atoms with E-state index in [2.05, 4.69) is 0 Å². The monoisotopic (exact) mass is 332 g/mol. The van der Waals surface area contributed by atoms with Crippen LogP contribution in [-0.4, -0.2) is 63.2 Å². The molecule has 0 aromatic carbocycles. The van der Waals surface area contributed by atoms with E-state index < -0.39 is 29.6 Å². The van der Waals surface area contributed by atoms with Gasteiger partial charge in [0.1, 0.15) is 11.6 Å². The van der Waals surface area contributed by atoms with Gasteiger partial charge in [0.15, 0.2) is 0 Å². The summed E-state index contributed by atoms with van der Waals surface area (Å²) in [6.07, 6.45) is 1.48. The molecule has 0 spiro atoms. The predicted octanol–water partition coefficient (Wildman–Crippen LogP) is -0.178. The lowest BCUT2D eigenvalue weighted by Crippen LogP contribution is -2.48. The summed E-state index contributed by atoms with van der Waals surface area (Å²) >= 11 is 0. The first-order valence-electron chi connectivity index (χ1n) is 7.12. The number of carbonyl (C=O) groups is 4. The van der Waals surface area contributed by atoms with Gasteiger partial charge in [-0.1, -0.05) is 0 Å². The smallest absolute Gasteiger partial charge is 0.414 e. The first kappa shape index (κ1) is 20.8. The minimum absolute atomic E-state index is 0.182. The quantitative estimate of drug-likeness (QED) is 0.466. The standard InChI is InChI=1S/C12H22N2O3.C2H2O4/c1-8(13)10(15)14-7-5-6-9(14)11(16)17-12(2,3)4;3-1(4)2(5)6/h8-9H,5-7,13H2,1-4H3;(H,3,4)(H,5,6)/t8-,9-;/m0./s1. The number of amides is 1. The topological polar surface area (TPSA) is 147 Å². The fraction of sp³-hybridized carbons (Fsp3) is 0.714. The van der Waals surface area contributed by atoms with E-state index in [9.17, 15) is 9.59 Å². The number of carboxylic acid groups (broad SMARTS) is 2. The van der Waals surface area contributed by atoms with E-state index in [1.165, 1.54) is 0 Å². The molecule has 9 heteroatoms. The van der Waals surface area contributed by atoms with Crippen LogP contribution in [0.4, 0.5) is 0 Å². The molecule has 132 valence electrons. The molecule has 1 aliphatic heterocycles. The van der Waals surface area contributed by atoms with Crippen molar-refractivity contribution in [1.29, 1.82) is 0 Å². The first-order chi connectivity index (χ1) is 10.4. The number of rotatable bonds is 2. The summed E-state index contributed by atoms with van der Waals surface area (Å²) in [5.74, 6) is -4.16. The number of hydrogen-bond acceptors (Lipinski definition) is 6. The Balaban J connectivity index is 0.000000688. The van der Waals surface area contributed by atoms with E-state index in [0.717, 1.165) is 6.42 Å². The van der Waals surface area contributed by atoms with Crippen LogP contribution in [0, 0.1) is 0 Å². The zero-order valence-corrected chi connectivity index (χ0v) is 13.7. The van der Waals surface area contributed by atoms with E-state index in [-0.39, 0.29) is 11.9 Å². The lowest BCUT2D eigenvalue weighted by Gasteiger charge is -2.28. The van der Waals surface area contributed by atoms with E-state index in [4.69, 9.17) is 30.3 Å². The molecule has 0 unspecified atom stereocenters. The maximum Gasteiger partial charge on any atom is 0.414 e. The van der Waals surface area contributed by atoms with Crippen LogP contribution in [0.1, 0.15) is 40.5 Å². The van der Waals surface area contributed by atoms with Crippen LogP contribution in [0.2, 0.25) is 0 Å². The number of carbonyl (C=O) groups excluding carboxylic acids is 2. The molecule has 1 rings (SSSR count). The number of nitrogens with two attached hydrogens (primary N) is 1. The molecule has 0 aromatic heterocycles. The Labute approximate surface area is 134 Å². The maximum atomic E-state index is 11.9. The molecule has 4 N–H and O–H groups in total. The minimum Gasteiger partial charge on any atom is -0.473 e. The lowest BCUT2D eigenvalue weighted by atomic mass is 10.1. The molecular weight excluding hydrogens is 308 g/mol. The summed E-state index contributed by atoms with van der Waals surface area (Å²) in [5, 5.41) is 14.8. The van der Waals surface area contributed by atoms with Crippen LogP contribution < -0.4 is 5.73 Å². The number of likely N-dealkylation sites (tertiary alicyclic amines) is 1. The van der Waals surface area contributed by atoms with E-state index in [1.54, 1.807) is 11.8 Å². The van der Waals surface area contributed by atoms with E-state index in [0.29, 0.717) is 13.0 Å². The molecule has 23 heavy (non-hydrogen) atoms. The van der Waals surface area contributed by atoms with Crippen molar-refractivity contribution in [2.45, 2.75) is 58.2 Å². The second-order valence-electron chi connectivity index (χ2n) is 6.12. The highest BCUT2D eigenvalue weighted by Crippen LogP contribution is 2.21. The Morgan fingerprint density at radius 2 is 1.65 bits per heavy atom. The summed E-state index contributed by atoms with van der Waals surface area (Å²) in [6, 6.07) is -1.04. The van der Waals surface area contributed by atoms with Crippen LogP contribution >= 0.6 is 0 Å². The largest absolute Gasteiger partial charge is 0.473 e. The van der Waals surface area contributed by atoms with Gasteiger partial charge in [0.2, 0.25) is 5.91 Å². The third kappa shape index (κ3) is 7.59. The summed E-state index contributed by atoms with van der Waals surface area (Å²) in [6.45, 7) is 7.67. The number of nitrogens with zero attached hydrogens (tertiary/aromatic N) is 1. The van der Waals surface area contributed by atoms with Gasteiger partial charge in [-0.05, 0) is 40.5 Å². The zero-order chi connectivity index (χ0) is 18.4. The molecule has 1 saturated heterocycles. The molecule has 0 aromatic rings.